The van der Waals surface area contributed by atoms with E-state index in [9.17, 15) is 0 Å². The van der Waals surface area contributed by atoms with Crippen molar-refractivity contribution >= 4 is 0 Å². The zero-order valence-corrected chi connectivity index (χ0v) is 6.45. The highest BCUT2D eigenvalue weighted by atomic mass is 16.3. The van der Waals surface area contributed by atoms with E-state index in [1.807, 2.05) is 6.92 Å². The Bertz CT molecular complexity index is 91.3. The molecule has 0 spiro atoms. The summed E-state index contributed by atoms with van der Waals surface area (Å²) in [5.41, 5.74) is 0. The summed E-state index contributed by atoms with van der Waals surface area (Å²) in [6.07, 6.45) is 2.57. The van der Waals surface area contributed by atoms with Crippen LogP contribution in [0.5, 0.6) is 0 Å². The molecule has 2 atom stereocenters. The number of hydrogen-bond acceptors (Lipinski definition) is 2. The average Bonchev–Trinajstić information content (AvgIpc) is 1.98. The first-order valence-electron chi connectivity index (χ1n) is 3.69. The van der Waals surface area contributed by atoms with Gasteiger partial charge in [0.05, 0.1) is 12.2 Å². The largest absolute Gasteiger partial charge is 0.390 e. The minimum absolute atomic E-state index is 0.569. The van der Waals surface area contributed by atoms with Crippen LogP contribution in [0.1, 0.15) is 26.2 Å². The lowest BCUT2D eigenvalue weighted by atomic mass is 10.1. The van der Waals surface area contributed by atoms with E-state index in [-0.39, 0.29) is 0 Å². The normalized spacial score (nSPS) is 16.3. The summed E-state index contributed by atoms with van der Waals surface area (Å²) in [6.45, 7) is 5.37. The average molecular weight is 144 g/mol. The summed E-state index contributed by atoms with van der Waals surface area (Å²) in [5, 5.41) is 18.2. The molecule has 0 saturated carbocycles. The molecule has 2 heteroatoms. The summed E-state index contributed by atoms with van der Waals surface area (Å²) in [5.74, 6) is 0. The fourth-order valence-electron chi connectivity index (χ4n) is 0.753. The van der Waals surface area contributed by atoms with Crippen molar-refractivity contribution in [2.24, 2.45) is 0 Å². The predicted molar refractivity (Wildman–Crippen MR) is 41.7 cm³/mol. The third-order valence-corrected chi connectivity index (χ3v) is 1.53. The highest BCUT2D eigenvalue weighted by Crippen LogP contribution is 2.05. The first kappa shape index (κ1) is 9.66. The highest BCUT2D eigenvalue weighted by Gasteiger charge is 2.11. The fraction of sp³-hybridized carbons (Fsp3) is 0.750. The topological polar surface area (TPSA) is 40.5 Å². The zero-order chi connectivity index (χ0) is 7.98. The van der Waals surface area contributed by atoms with Gasteiger partial charge in [-0.05, 0) is 19.3 Å². The minimum Gasteiger partial charge on any atom is -0.390 e. The van der Waals surface area contributed by atoms with Gasteiger partial charge >= 0.3 is 0 Å². The molecular formula is C8H16O2. The Labute approximate surface area is 62.2 Å². The van der Waals surface area contributed by atoms with E-state index in [0.717, 1.165) is 6.42 Å². The van der Waals surface area contributed by atoms with E-state index in [1.54, 1.807) is 6.08 Å². The molecule has 0 radical (unpaired) electrons. The maximum absolute atomic E-state index is 9.15. The summed E-state index contributed by atoms with van der Waals surface area (Å²) in [4.78, 5) is 0. The van der Waals surface area contributed by atoms with E-state index in [0.29, 0.717) is 12.8 Å². The molecule has 0 aromatic carbocycles. The van der Waals surface area contributed by atoms with Crippen LogP contribution >= 0.6 is 0 Å². The molecule has 0 heterocycles. The molecule has 60 valence electrons. The van der Waals surface area contributed by atoms with Crippen molar-refractivity contribution in [3.8, 4) is 0 Å². The molecule has 2 nitrogen and oxygen atoms in total. The standard InChI is InChI=1S/C8H16O2/c1-3-5-6-8(10)7(9)4-2/h3,7-10H,1,4-6H2,2H3/t7-,8-/m1/s1. The molecule has 0 saturated heterocycles. The van der Waals surface area contributed by atoms with E-state index in [4.69, 9.17) is 10.2 Å². The van der Waals surface area contributed by atoms with Gasteiger partial charge in [0.25, 0.3) is 0 Å². The molecule has 10 heavy (non-hydrogen) atoms. The predicted octanol–water partition coefficient (Wildman–Crippen LogP) is 1.08. The monoisotopic (exact) mass is 144 g/mol. The van der Waals surface area contributed by atoms with Gasteiger partial charge in [-0.1, -0.05) is 13.0 Å². The van der Waals surface area contributed by atoms with Crippen LogP contribution in [0.25, 0.3) is 0 Å². The number of aliphatic hydroxyl groups excluding tert-OH is 2. The Morgan fingerprint density at radius 2 is 2.00 bits per heavy atom. The number of aliphatic hydroxyl groups is 2. The molecule has 0 fully saturated rings. The molecule has 0 aliphatic heterocycles. The lowest BCUT2D eigenvalue weighted by molar-refractivity contribution is 0.0134. The van der Waals surface area contributed by atoms with Crippen LogP contribution in [0.4, 0.5) is 0 Å². The van der Waals surface area contributed by atoms with Gasteiger partial charge in [0, 0.05) is 0 Å². The summed E-state index contributed by atoms with van der Waals surface area (Å²) < 4.78 is 0. The van der Waals surface area contributed by atoms with Gasteiger partial charge in [0.15, 0.2) is 0 Å². The van der Waals surface area contributed by atoms with Crippen LogP contribution in [0.3, 0.4) is 0 Å². The lowest BCUT2D eigenvalue weighted by Gasteiger charge is -2.14. The first-order valence-corrected chi connectivity index (χ1v) is 3.69. The Morgan fingerprint density at radius 1 is 1.40 bits per heavy atom. The third kappa shape index (κ3) is 3.64. The molecular weight excluding hydrogens is 128 g/mol. The Hall–Kier alpha value is -0.340. The van der Waals surface area contributed by atoms with Gasteiger partial charge in [-0.25, -0.2) is 0 Å². The maximum Gasteiger partial charge on any atom is 0.0802 e. The fourth-order valence-corrected chi connectivity index (χ4v) is 0.753. The summed E-state index contributed by atoms with van der Waals surface area (Å²) in [6, 6.07) is 0. The van der Waals surface area contributed by atoms with Gasteiger partial charge in [-0.3, -0.25) is 0 Å². The Balaban J connectivity index is 3.40. The van der Waals surface area contributed by atoms with Gasteiger partial charge in [-0.2, -0.15) is 0 Å². The molecule has 0 aromatic heterocycles. The number of hydrogen-bond donors (Lipinski definition) is 2. The van der Waals surface area contributed by atoms with E-state index >= 15 is 0 Å². The first-order chi connectivity index (χ1) is 4.72. The van der Waals surface area contributed by atoms with Gasteiger partial charge in [0.1, 0.15) is 0 Å². The molecule has 0 unspecified atom stereocenters. The van der Waals surface area contributed by atoms with Crippen LogP contribution in [0.2, 0.25) is 0 Å². The highest BCUT2D eigenvalue weighted by molar-refractivity contribution is 4.72. The van der Waals surface area contributed by atoms with Crippen LogP contribution in [-0.4, -0.2) is 22.4 Å². The molecule has 0 rings (SSSR count). The lowest BCUT2D eigenvalue weighted by Crippen LogP contribution is -2.24. The SMILES string of the molecule is C=CCC[C@@H](O)[C@H](O)CC. The molecule has 0 amide bonds. The minimum atomic E-state index is -0.581. The number of allylic oxidation sites excluding steroid dienone is 1. The second-order valence-corrected chi connectivity index (χ2v) is 2.41. The van der Waals surface area contributed by atoms with Crippen molar-refractivity contribution < 1.29 is 10.2 Å². The van der Waals surface area contributed by atoms with Gasteiger partial charge in [-0.15, -0.1) is 6.58 Å². The van der Waals surface area contributed by atoms with Crippen molar-refractivity contribution in [3.63, 3.8) is 0 Å². The van der Waals surface area contributed by atoms with Crippen LogP contribution in [0, 0.1) is 0 Å². The summed E-state index contributed by atoms with van der Waals surface area (Å²) >= 11 is 0. The van der Waals surface area contributed by atoms with Crippen LogP contribution in [-0.2, 0) is 0 Å². The molecule has 0 aliphatic carbocycles. The molecule has 0 aliphatic rings. The van der Waals surface area contributed by atoms with E-state index in [2.05, 4.69) is 6.58 Å². The Morgan fingerprint density at radius 3 is 2.40 bits per heavy atom. The second kappa shape index (κ2) is 5.45. The maximum atomic E-state index is 9.15. The van der Waals surface area contributed by atoms with E-state index in [1.165, 1.54) is 0 Å². The Kier molecular flexibility index (Phi) is 5.26. The summed E-state index contributed by atoms with van der Waals surface area (Å²) in [7, 11) is 0. The zero-order valence-electron chi connectivity index (χ0n) is 6.45. The number of rotatable bonds is 5. The van der Waals surface area contributed by atoms with Crippen molar-refractivity contribution in [1.82, 2.24) is 0 Å². The van der Waals surface area contributed by atoms with Crippen molar-refractivity contribution in [2.75, 3.05) is 0 Å². The van der Waals surface area contributed by atoms with Crippen LogP contribution in [0.15, 0.2) is 12.7 Å². The van der Waals surface area contributed by atoms with Crippen LogP contribution < -0.4 is 0 Å². The van der Waals surface area contributed by atoms with Gasteiger partial charge < -0.3 is 10.2 Å². The quantitative estimate of drug-likeness (QED) is 0.567. The van der Waals surface area contributed by atoms with Gasteiger partial charge in [0.2, 0.25) is 0 Å². The van der Waals surface area contributed by atoms with Crippen molar-refractivity contribution in [3.05, 3.63) is 12.7 Å². The molecule has 2 N–H and O–H groups in total. The molecule has 0 bridgehead atoms. The third-order valence-electron chi connectivity index (χ3n) is 1.53. The van der Waals surface area contributed by atoms with Crippen molar-refractivity contribution in [2.45, 2.75) is 38.4 Å². The molecule has 0 aromatic rings. The smallest absolute Gasteiger partial charge is 0.0802 e. The second-order valence-electron chi connectivity index (χ2n) is 2.41. The van der Waals surface area contributed by atoms with Crippen molar-refractivity contribution in [1.29, 1.82) is 0 Å². The van der Waals surface area contributed by atoms with E-state index < -0.39 is 12.2 Å².